The summed E-state index contributed by atoms with van der Waals surface area (Å²) >= 11 is 0. The number of nitrogens with zero attached hydrogens (tertiary/aromatic N) is 4. The molecule has 5 nitrogen and oxygen atoms in total. The number of aliphatic hydroxyl groups is 1. The van der Waals surface area contributed by atoms with Crippen LogP contribution >= 0.6 is 0 Å². The van der Waals surface area contributed by atoms with Crippen molar-refractivity contribution in [3.8, 4) is 0 Å². The molecule has 0 aromatic carbocycles. The lowest BCUT2D eigenvalue weighted by Crippen LogP contribution is -2.32. The lowest BCUT2D eigenvalue weighted by molar-refractivity contribution is 0.204. The first kappa shape index (κ1) is 14.2. The van der Waals surface area contributed by atoms with E-state index in [1.807, 2.05) is 0 Å². The van der Waals surface area contributed by atoms with Crippen LogP contribution < -0.4 is 4.90 Å². The molecule has 1 aromatic heterocycles. The Labute approximate surface area is 115 Å². The molecule has 0 unspecified atom stereocenters. The predicted molar refractivity (Wildman–Crippen MR) is 76.5 cm³/mol. The Bertz CT molecular complexity index is 397. The number of anilines is 1. The molecule has 0 bridgehead atoms. The molecule has 0 spiro atoms. The topological polar surface area (TPSA) is 52.5 Å². The van der Waals surface area contributed by atoms with Crippen LogP contribution in [0.15, 0.2) is 12.4 Å². The summed E-state index contributed by atoms with van der Waals surface area (Å²) in [6.07, 6.45) is 2.78. The quantitative estimate of drug-likeness (QED) is 0.882. The molecular weight excluding hydrogens is 240 g/mol. The van der Waals surface area contributed by atoms with Gasteiger partial charge in [0, 0.05) is 37.9 Å². The van der Waals surface area contributed by atoms with Gasteiger partial charge in [0.2, 0.25) is 0 Å². The minimum atomic E-state index is 0.241. The summed E-state index contributed by atoms with van der Waals surface area (Å²) in [5.41, 5.74) is 1.10. The Kier molecular flexibility index (Phi) is 5.10. The molecule has 1 N–H and O–H groups in total. The smallest absolute Gasteiger partial charge is 0.132 e. The van der Waals surface area contributed by atoms with Gasteiger partial charge in [-0.05, 0) is 18.9 Å². The fourth-order valence-electron chi connectivity index (χ4n) is 2.42. The van der Waals surface area contributed by atoms with Crippen LogP contribution in [-0.2, 0) is 0 Å². The number of β-amino-alcohol motifs (C(OH)–C–C–N with tert-alkyl or cyclic N) is 1. The maximum absolute atomic E-state index is 9.01. The molecule has 0 saturated carbocycles. The number of rotatable bonds is 4. The van der Waals surface area contributed by atoms with Gasteiger partial charge in [0.05, 0.1) is 6.61 Å². The molecule has 1 aromatic rings. The highest BCUT2D eigenvalue weighted by atomic mass is 16.3. The molecule has 2 heterocycles. The van der Waals surface area contributed by atoms with Crippen molar-refractivity contribution in [1.29, 1.82) is 0 Å². The number of hydrogen-bond donors (Lipinski definition) is 1. The molecule has 5 heteroatoms. The van der Waals surface area contributed by atoms with Crippen molar-refractivity contribution >= 4 is 5.82 Å². The normalized spacial score (nSPS) is 17.8. The van der Waals surface area contributed by atoms with Crippen LogP contribution in [0.3, 0.4) is 0 Å². The summed E-state index contributed by atoms with van der Waals surface area (Å²) in [6, 6.07) is 2.10. The average Bonchev–Trinajstić information content (AvgIpc) is 2.65. The predicted octanol–water partition coefficient (Wildman–Crippen LogP) is 1.10. The highest BCUT2D eigenvalue weighted by Gasteiger charge is 2.16. The van der Waals surface area contributed by atoms with E-state index in [0.717, 1.165) is 50.7 Å². The molecule has 2 rings (SSSR count). The third-order valence-corrected chi connectivity index (χ3v) is 3.59. The summed E-state index contributed by atoms with van der Waals surface area (Å²) in [7, 11) is 0. The van der Waals surface area contributed by atoms with Crippen molar-refractivity contribution in [3.05, 3.63) is 18.1 Å². The van der Waals surface area contributed by atoms with Gasteiger partial charge in [0.1, 0.15) is 12.1 Å². The van der Waals surface area contributed by atoms with Crippen LogP contribution in [0.5, 0.6) is 0 Å². The van der Waals surface area contributed by atoms with Gasteiger partial charge < -0.3 is 10.0 Å². The first-order valence-corrected chi connectivity index (χ1v) is 7.11. The largest absolute Gasteiger partial charge is 0.395 e. The Hall–Kier alpha value is -1.20. The molecule has 0 aliphatic carbocycles. The van der Waals surface area contributed by atoms with E-state index in [0.29, 0.717) is 5.92 Å². The second-order valence-corrected chi connectivity index (χ2v) is 5.36. The third kappa shape index (κ3) is 3.88. The Morgan fingerprint density at radius 3 is 2.79 bits per heavy atom. The van der Waals surface area contributed by atoms with E-state index in [9.17, 15) is 0 Å². The fraction of sp³-hybridized carbons (Fsp3) is 0.714. The van der Waals surface area contributed by atoms with Gasteiger partial charge in [0.25, 0.3) is 0 Å². The molecule has 19 heavy (non-hydrogen) atoms. The summed E-state index contributed by atoms with van der Waals surface area (Å²) in [5, 5.41) is 9.01. The van der Waals surface area contributed by atoms with Gasteiger partial charge in [0.15, 0.2) is 0 Å². The SMILES string of the molecule is CC(C)c1cc(N2CCCN(CCO)CC2)ncn1. The van der Waals surface area contributed by atoms with E-state index in [1.54, 1.807) is 6.33 Å². The van der Waals surface area contributed by atoms with Gasteiger partial charge in [-0.1, -0.05) is 13.8 Å². The highest BCUT2D eigenvalue weighted by molar-refractivity contribution is 5.39. The third-order valence-electron chi connectivity index (χ3n) is 3.59. The zero-order valence-corrected chi connectivity index (χ0v) is 11.9. The van der Waals surface area contributed by atoms with Crippen LogP contribution in [0.25, 0.3) is 0 Å². The second-order valence-electron chi connectivity index (χ2n) is 5.36. The minimum absolute atomic E-state index is 0.241. The van der Waals surface area contributed by atoms with Gasteiger partial charge in [-0.3, -0.25) is 4.90 Å². The molecule has 0 radical (unpaired) electrons. The van der Waals surface area contributed by atoms with Crippen molar-refractivity contribution in [2.75, 3.05) is 44.2 Å². The van der Waals surface area contributed by atoms with E-state index >= 15 is 0 Å². The number of aliphatic hydroxyl groups excluding tert-OH is 1. The number of aromatic nitrogens is 2. The molecular formula is C14H24N4O. The summed E-state index contributed by atoms with van der Waals surface area (Å²) in [5.74, 6) is 1.46. The summed E-state index contributed by atoms with van der Waals surface area (Å²) in [6.45, 7) is 9.35. The van der Waals surface area contributed by atoms with Crippen LogP contribution in [0.2, 0.25) is 0 Å². The lowest BCUT2D eigenvalue weighted by atomic mass is 10.1. The fourth-order valence-corrected chi connectivity index (χ4v) is 2.42. The van der Waals surface area contributed by atoms with Crippen LogP contribution in [0, 0.1) is 0 Å². The van der Waals surface area contributed by atoms with Crippen molar-refractivity contribution in [2.24, 2.45) is 0 Å². The van der Waals surface area contributed by atoms with Crippen LogP contribution in [0.1, 0.15) is 31.9 Å². The molecule has 1 aliphatic heterocycles. The molecule has 106 valence electrons. The number of hydrogen-bond acceptors (Lipinski definition) is 5. The summed E-state index contributed by atoms with van der Waals surface area (Å²) < 4.78 is 0. The molecule has 0 atom stereocenters. The van der Waals surface area contributed by atoms with Crippen LogP contribution in [0.4, 0.5) is 5.82 Å². The summed E-state index contributed by atoms with van der Waals surface area (Å²) in [4.78, 5) is 13.4. The van der Waals surface area contributed by atoms with E-state index in [4.69, 9.17) is 5.11 Å². The van der Waals surface area contributed by atoms with Crippen molar-refractivity contribution in [1.82, 2.24) is 14.9 Å². The van der Waals surface area contributed by atoms with Crippen molar-refractivity contribution in [3.63, 3.8) is 0 Å². The molecule has 0 amide bonds. The zero-order chi connectivity index (χ0) is 13.7. The van der Waals surface area contributed by atoms with E-state index in [1.165, 1.54) is 0 Å². The molecule has 1 saturated heterocycles. The van der Waals surface area contributed by atoms with E-state index in [-0.39, 0.29) is 6.61 Å². The van der Waals surface area contributed by atoms with Crippen molar-refractivity contribution in [2.45, 2.75) is 26.2 Å². The van der Waals surface area contributed by atoms with Gasteiger partial charge in [-0.25, -0.2) is 9.97 Å². The maximum Gasteiger partial charge on any atom is 0.132 e. The Morgan fingerprint density at radius 1 is 1.21 bits per heavy atom. The minimum Gasteiger partial charge on any atom is -0.395 e. The van der Waals surface area contributed by atoms with E-state index in [2.05, 4.69) is 39.7 Å². The maximum atomic E-state index is 9.01. The van der Waals surface area contributed by atoms with Crippen molar-refractivity contribution < 1.29 is 5.11 Å². The first-order chi connectivity index (χ1) is 9.20. The average molecular weight is 264 g/mol. The second kappa shape index (κ2) is 6.82. The van der Waals surface area contributed by atoms with Gasteiger partial charge >= 0.3 is 0 Å². The monoisotopic (exact) mass is 264 g/mol. The standard InChI is InChI=1S/C14H24N4O/c1-12(2)13-10-14(16-11-15-13)18-5-3-4-17(6-7-18)8-9-19/h10-12,19H,3-9H2,1-2H3. The molecule has 1 fully saturated rings. The molecule has 1 aliphatic rings. The van der Waals surface area contributed by atoms with Gasteiger partial charge in [-0.2, -0.15) is 0 Å². The van der Waals surface area contributed by atoms with E-state index < -0.39 is 0 Å². The lowest BCUT2D eigenvalue weighted by Gasteiger charge is -2.22. The Balaban J connectivity index is 2.03. The highest BCUT2D eigenvalue weighted by Crippen LogP contribution is 2.18. The van der Waals surface area contributed by atoms with Crippen LogP contribution in [-0.4, -0.2) is 59.3 Å². The first-order valence-electron chi connectivity index (χ1n) is 7.11. The van der Waals surface area contributed by atoms with Gasteiger partial charge in [-0.15, -0.1) is 0 Å². The zero-order valence-electron chi connectivity index (χ0n) is 11.9. The Morgan fingerprint density at radius 2 is 2.05 bits per heavy atom.